The van der Waals surface area contributed by atoms with Gasteiger partial charge in [0, 0.05) is 12.4 Å². The molecule has 126 valence electrons. The second kappa shape index (κ2) is 6.14. The third-order valence-corrected chi connectivity index (χ3v) is 4.49. The summed E-state index contributed by atoms with van der Waals surface area (Å²) in [5.41, 5.74) is 1.99. The van der Waals surface area contributed by atoms with E-state index in [1.165, 1.54) is 11.3 Å². The van der Waals surface area contributed by atoms with Crippen molar-refractivity contribution in [2.75, 3.05) is 0 Å². The molecule has 25 heavy (non-hydrogen) atoms. The van der Waals surface area contributed by atoms with Gasteiger partial charge in [-0.1, -0.05) is 6.07 Å². The van der Waals surface area contributed by atoms with E-state index >= 15 is 0 Å². The Kier molecular flexibility index (Phi) is 3.81. The van der Waals surface area contributed by atoms with E-state index in [0.29, 0.717) is 11.5 Å². The zero-order valence-electron chi connectivity index (χ0n) is 13.5. The first kappa shape index (κ1) is 15.5. The quantitative estimate of drug-likeness (QED) is 0.520. The van der Waals surface area contributed by atoms with E-state index in [1.807, 2.05) is 42.8 Å². The minimum Gasteiger partial charge on any atom is -0.448 e. The van der Waals surface area contributed by atoms with Crippen molar-refractivity contribution in [1.82, 2.24) is 19.6 Å². The Bertz CT molecular complexity index is 1040. The summed E-state index contributed by atoms with van der Waals surface area (Å²) in [7, 11) is 0. The molecule has 0 saturated heterocycles. The standard InChI is InChI=1S/C17H14N4O3S/c1-10-5-6-21-9-12(18-14(21)8-10)17(22)23-11(2)15-19-20-16(24-15)13-4-3-7-25-13/h3-9,11H,1-2H3. The Hall–Kier alpha value is -3.00. The van der Waals surface area contributed by atoms with Crippen LogP contribution in [0.5, 0.6) is 0 Å². The van der Waals surface area contributed by atoms with Crippen LogP contribution in [0.3, 0.4) is 0 Å². The summed E-state index contributed by atoms with van der Waals surface area (Å²) >= 11 is 1.50. The van der Waals surface area contributed by atoms with Gasteiger partial charge in [-0.25, -0.2) is 9.78 Å². The molecule has 0 aliphatic rings. The maximum Gasteiger partial charge on any atom is 0.359 e. The molecule has 0 spiro atoms. The molecule has 0 amide bonds. The van der Waals surface area contributed by atoms with Gasteiger partial charge in [0.2, 0.25) is 0 Å². The minimum absolute atomic E-state index is 0.232. The summed E-state index contributed by atoms with van der Waals surface area (Å²) in [6.45, 7) is 3.65. The van der Waals surface area contributed by atoms with Crippen LogP contribution in [0.4, 0.5) is 0 Å². The number of nitrogens with zero attached hydrogens (tertiary/aromatic N) is 4. The molecule has 0 saturated carbocycles. The van der Waals surface area contributed by atoms with Gasteiger partial charge in [0.15, 0.2) is 11.8 Å². The van der Waals surface area contributed by atoms with Crippen LogP contribution in [0.15, 0.2) is 46.5 Å². The largest absolute Gasteiger partial charge is 0.448 e. The van der Waals surface area contributed by atoms with E-state index in [1.54, 1.807) is 17.5 Å². The van der Waals surface area contributed by atoms with Gasteiger partial charge in [0.25, 0.3) is 11.8 Å². The van der Waals surface area contributed by atoms with Gasteiger partial charge >= 0.3 is 5.97 Å². The number of aryl methyl sites for hydroxylation is 1. The van der Waals surface area contributed by atoms with Gasteiger partial charge in [-0.2, -0.15) is 0 Å². The van der Waals surface area contributed by atoms with Crippen molar-refractivity contribution in [2.45, 2.75) is 20.0 Å². The molecule has 4 heterocycles. The SMILES string of the molecule is Cc1ccn2cc(C(=O)OC(C)c3nnc(-c4cccs4)o3)nc2c1. The van der Waals surface area contributed by atoms with Gasteiger partial charge in [0.05, 0.1) is 4.88 Å². The number of aromatic nitrogens is 4. The van der Waals surface area contributed by atoms with Crippen LogP contribution >= 0.6 is 11.3 Å². The number of imidazole rings is 1. The first-order valence-corrected chi connectivity index (χ1v) is 8.52. The Morgan fingerprint density at radius 2 is 2.24 bits per heavy atom. The van der Waals surface area contributed by atoms with Crippen LogP contribution < -0.4 is 0 Å². The molecule has 4 aromatic heterocycles. The minimum atomic E-state index is -0.666. The number of hydrogen-bond donors (Lipinski definition) is 0. The molecular formula is C17H14N4O3S. The lowest BCUT2D eigenvalue weighted by molar-refractivity contribution is 0.0274. The number of carbonyl (C=O) groups is 1. The number of rotatable bonds is 4. The zero-order valence-corrected chi connectivity index (χ0v) is 14.4. The Morgan fingerprint density at radius 3 is 3.04 bits per heavy atom. The fraction of sp³-hybridized carbons (Fsp3) is 0.176. The van der Waals surface area contributed by atoms with Gasteiger partial charge in [-0.05, 0) is 43.0 Å². The summed E-state index contributed by atoms with van der Waals surface area (Å²) in [5, 5.41) is 9.87. The Morgan fingerprint density at radius 1 is 1.36 bits per heavy atom. The molecule has 4 rings (SSSR count). The van der Waals surface area contributed by atoms with E-state index in [-0.39, 0.29) is 11.6 Å². The lowest BCUT2D eigenvalue weighted by Gasteiger charge is -2.07. The Labute approximate surface area is 146 Å². The van der Waals surface area contributed by atoms with E-state index in [4.69, 9.17) is 9.15 Å². The molecule has 1 unspecified atom stereocenters. The monoisotopic (exact) mass is 354 g/mol. The number of thiophene rings is 1. The fourth-order valence-electron chi connectivity index (χ4n) is 2.35. The molecule has 0 aliphatic carbocycles. The average molecular weight is 354 g/mol. The van der Waals surface area contributed by atoms with Crippen LogP contribution in [0.25, 0.3) is 16.4 Å². The smallest absolute Gasteiger partial charge is 0.359 e. The summed E-state index contributed by atoms with van der Waals surface area (Å²) in [4.78, 5) is 17.5. The first-order chi connectivity index (χ1) is 12.1. The Balaban J connectivity index is 1.51. The van der Waals surface area contributed by atoms with Gasteiger partial charge in [-0.3, -0.25) is 0 Å². The molecule has 8 heteroatoms. The highest BCUT2D eigenvalue weighted by Crippen LogP contribution is 2.26. The number of carbonyl (C=O) groups excluding carboxylic acids is 1. The molecule has 0 fully saturated rings. The first-order valence-electron chi connectivity index (χ1n) is 7.64. The fourth-order valence-corrected chi connectivity index (χ4v) is 3.00. The topological polar surface area (TPSA) is 82.5 Å². The molecule has 7 nitrogen and oxygen atoms in total. The predicted molar refractivity (Wildman–Crippen MR) is 91.4 cm³/mol. The molecule has 0 aliphatic heterocycles. The van der Waals surface area contributed by atoms with E-state index in [2.05, 4.69) is 15.2 Å². The second-order valence-corrected chi connectivity index (χ2v) is 6.51. The van der Waals surface area contributed by atoms with Crippen LogP contribution in [-0.4, -0.2) is 25.6 Å². The highest BCUT2D eigenvalue weighted by molar-refractivity contribution is 7.13. The number of esters is 1. The number of hydrogen-bond acceptors (Lipinski definition) is 7. The molecular weight excluding hydrogens is 340 g/mol. The van der Waals surface area contributed by atoms with Crippen molar-refractivity contribution in [3.05, 3.63) is 59.2 Å². The van der Waals surface area contributed by atoms with E-state index in [0.717, 1.165) is 10.4 Å². The number of ether oxygens (including phenoxy) is 1. The molecule has 0 N–H and O–H groups in total. The van der Waals surface area contributed by atoms with Crippen molar-refractivity contribution >= 4 is 23.0 Å². The third-order valence-electron chi connectivity index (χ3n) is 3.63. The highest BCUT2D eigenvalue weighted by atomic mass is 32.1. The maximum atomic E-state index is 12.3. The molecule has 0 aromatic carbocycles. The zero-order chi connectivity index (χ0) is 17.4. The van der Waals surface area contributed by atoms with E-state index in [9.17, 15) is 4.79 Å². The lowest BCUT2D eigenvalue weighted by atomic mass is 10.3. The predicted octanol–water partition coefficient (Wildman–Crippen LogP) is 3.67. The summed E-state index contributed by atoms with van der Waals surface area (Å²) in [6.07, 6.45) is 2.82. The van der Waals surface area contributed by atoms with Crippen LogP contribution in [0, 0.1) is 6.92 Å². The van der Waals surface area contributed by atoms with Crippen molar-refractivity contribution in [1.29, 1.82) is 0 Å². The van der Waals surface area contributed by atoms with Gasteiger partial charge < -0.3 is 13.6 Å². The van der Waals surface area contributed by atoms with Crippen molar-refractivity contribution in [2.24, 2.45) is 0 Å². The second-order valence-electron chi connectivity index (χ2n) is 5.57. The number of pyridine rings is 1. The van der Waals surface area contributed by atoms with E-state index < -0.39 is 12.1 Å². The summed E-state index contributed by atoms with van der Waals surface area (Å²) < 4.78 is 12.8. The van der Waals surface area contributed by atoms with Gasteiger partial charge in [-0.15, -0.1) is 21.5 Å². The molecule has 4 aromatic rings. The molecule has 0 bridgehead atoms. The van der Waals surface area contributed by atoms with Crippen LogP contribution in [0.1, 0.15) is 35.0 Å². The van der Waals surface area contributed by atoms with Crippen LogP contribution in [0.2, 0.25) is 0 Å². The molecule has 1 atom stereocenters. The highest BCUT2D eigenvalue weighted by Gasteiger charge is 2.21. The van der Waals surface area contributed by atoms with Crippen molar-refractivity contribution in [3.8, 4) is 10.8 Å². The number of fused-ring (bicyclic) bond motifs is 1. The summed E-state index contributed by atoms with van der Waals surface area (Å²) in [5.74, 6) is 0.122. The van der Waals surface area contributed by atoms with Crippen molar-refractivity contribution in [3.63, 3.8) is 0 Å². The normalized spacial score (nSPS) is 12.4. The average Bonchev–Trinajstić information content (AvgIpc) is 3.33. The summed E-state index contributed by atoms with van der Waals surface area (Å²) in [6, 6.07) is 7.62. The third kappa shape index (κ3) is 3.03. The lowest BCUT2D eigenvalue weighted by Crippen LogP contribution is -2.10. The maximum absolute atomic E-state index is 12.3. The van der Waals surface area contributed by atoms with Crippen LogP contribution in [-0.2, 0) is 4.74 Å². The molecule has 0 radical (unpaired) electrons. The van der Waals surface area contributed by atoms with Crippen molar-refractivity contribution < 1.29 is 13.9 Å². The van der Waals surface area contributed by atoms with Gasteiger partial charge in [0.1, 0.15) is 5.65 Å².